The fourth-order valence-corrected chi connectivity index (χ4v) is 1.42. The van der Waals surface area contributed by atoms with Gasteiger partial charge in [-0.25, -0.2) is 0 Å². The number of aliphatic hydroxyl groups is 1. The van der Waals surface area contributed by atoms with Crippen LogP contribution in [0.4, 0.5) is 0 Å². The maximum atomic E-state index is 10.9. The summed E-state index contributed by atoms with van der Waals surface area (Å²) >= 11 is 0. The molecule has 0 amide bonds. The highest BCUT2D eigenvalue weighted by Crippen LogP contribution is 2.30. The molecule has 0 aliphatic heterocycles. The van der Waals surface area contributed by atoms with Crippen LogP contribution in [0, 0.1) is 0 Å². The lowest BCUT2D eigenvalue weighted by atomic mass is 9.99. The Morgan fingerprint density at radius 3 is 2.50 bits per heavy atom. The quantitative estimate of drug-likeness (QED) is 0.778. The fraction of sp³-hybridized carbons (Fsp3) is 0.364. The van der Waals surface area contributed by atoms with Crippen LogP contribution in [0.3, 0.4) is 0 Å². The molecule has 0 saturated heterocycles. The van der Waals surface area contributed by atoms with Crippen LogP contribution in [0.1, 0.15) is 11.5 Å². The summed E-state index contributed by atoms with van der Waals surface area (Å²) in [4.78, 5) is 10.9. The number of methoxy groups -OCH3 is 2. The zero-order valence-electron chi connectivity index (χ0n) is 9.14. The van der Waals surface area contributed by atoms with Crippen molar-refractivity contribution < 1.29 is 24.5 Å². The first-order chi connectivity index (χ1) is 7.63. The van der Waals surface area contributed by atoms with Gasteiger partial charge < -0.3 is 19.7 Å². The Bertz CT molecular complexity index is 375. The average molecular weight is 226 g/mol. The predicted octanol–water partition coefficient (Wildman–Crippen LogP) is 0.864. The Kier molecular flexibility index (Phi) is 4.13. The minimum atomic E-state index is -1.09. The minimum Gasteiger partial charge on any atom is -0.497 e. The van der Waals surface area contributed by atoms with Crippen molar-refractivity contribution in [3.8, 4) is 11.5 Å². The van der Waals surface area contributed by atoms with E-state index in [1.165, 1.54) is 14.2 Å². The third-order valence-corrected chi connectivity index (χ3v) is 2.30. The SMILES string of the molecule is COc1ccc(C(CO)C(=O)O)c(OC)c1. The second-order valence-electron chi connectivity index (χ2n) is 3.18. The van der Waals surface area contributed by atoms with E-state index in [0.29, 0.717) is 17.1 Å². The van der Waals surface area contributed by atoms with Gasteiger partial charge in [0.1, 0.15) is 17.4 Å². The van der Waals surface area contributed by atoms with Crippen LogP contribution in [-0.4, -0.2) is 37.0 Å². The Labute approximate surface area is 93.2 Å². The molecule has 0 aromatic heterocycles. The van der Waals surface area contributed by atoms with Crippen LogP contribution in [-0.2, 0) is 4.79 Å². The summed E-state index contributed by atoms with van der Waals surface area (Å²) < 4.78 is 10.1. The second kappa shape index (κ2) is 5.37. The molecular weight excluding hydrogens is 212 g/mol. The Hall–Kier alpha value is -1.75. The first kappa shape index (κ1) is 12.3. The van der Waals surface area contributed by atoms with Gasteiger partial charge in [-0.15, -0.1) is 0 Å². The number of carbonyl (C=O) groups is 1. The highest BCUT2D eigenvalue weighted by atomic mass is 16.5. The molecule has 88 valence electrons. The van der Waals surface area contributed by atoms with Crippen molar-refractivity contribution in [2.24, 2.45) is 0 Å². The number of hydrogen-bond acceptors (Lipinski definition) is 4. The van der Waals surface area contributed by atoms with Crippen LogP contribution in [0.2, 0.25) is 0 Å². The molecule has 1 unspecified atom stereocenters. The zero-order chi connectivity index (χ0) is 12.1. The lowest BCUT2D eigenvalue weighted by Crippen LogP contribution is -2.16. The molecule has 1 aromatic rings. The van der Waals surface area contributed by atoms with E-state index < -0.39 is 18.5 Å². The summed E-state index contributed by atoms with van der Waals surface area (Å²) in [6.45, 7) is -0.474. The van der Waals surface area contributed by atoms with Crippen molar-refractivity contribution in [1.82, 2.24) is 0 Å². The molecule has 16 heavy (non-hydrogen) atoms. The van der Waals surface area contributed by atoms with Gasteiger partial charge in [0.05, 0.1) is 20.8 Å². The van der Waals surface area contributed by atoms with Gasteiger partial charge in [-0.1, -0.05) is 6.07 Å². The molecule has 2 N–H and O–H groups in total. The van der Waals surface area contributed by atoms with E-state index in [-0.39, 0.29) is 0 Å². The van der Waals surface area contributed by atoms with E-state index >= 15 is 0 Å². The number of carboxylic acids is 1. The monoisotopic (exact) mass is 226 g/mol. The van der Waals surface area contributed by atoms with Crippen molar-refractivity contribution >= 4 is 5.97 Å². The average Bonchev–Trinajstić information content (AvgIpc) is 2.29. The normalized spacial score (nSPS) is 11.9. The molecule has 0 saturated carbocycles. The molecule has 5 heteroatoms. The predicted molar refractivity (Wildman–Crippen MR) is 57.0 cm³/mol. The van der Waals surface area contributed by atoms with Crippen LogP contribution >= 0.6 is 0 Å². The van der Waals surface area contributed by atoms with Gasteiger partial charge in [-0.2, -0.15) is 0 Å². The Balaban J connectivity index is 3.16. The largest absolute Gasteiger partial charge is 0.497 e. The summed E-state index contributed by atoms with van der Waals surface area (Å²) in [5.41, 5.74) is 0.429. The second-order valence-corrected chi connectivity index (χ2v) is 3.18. The summed E-state index contributed by atoms with van der Waals surface area (Å²) in [7, 11) is 2.95. The van der Waals surface area contributed by atoms with Crippen molar-refractivity contribution in [1.29, 1.82) is 0 Å². The third kappa shape index (κ3) is 2.43. The maximum absolute atomic E-state index is 10.9. The standard InChI is InChI=1S/C11H14O5/c1-15-7-3-4-8(10(5-7)16-2)9(6-12)11(13)14/h3-5,9,12H,6H2,1-2H3,(H,13,14). The topological polar surface area (TPSA) is 76.0 Å². The number of aliphatic hydroxyl groups excluding tert-OH is 1. The molecule has 0 spiro atoms. The Morgan fingerprint density at radius 2 is 2.06 bits per heavy atom. The molecular formula is C11H14O5. The fourth-order valence-electron chi connectivity index (χ4n) is 1.42. The third-order valence-electron chi connectivity index (χ3n) is 2.30. The van der Waals surface area contributed by atoms with E-state index in [4.69, 9.17) is 19.7 Å². The summed E-state index contributed by atoms with van der Waals surface area (Å²) in [5.74, 6) is -1.12. The molecule has 1 atom stereocenters. The van der Waals surface area contributed by atoms with Crippen LogP contribution < -0.4 is 9.47 Å². The van der Waals surface area contributed by atoms with Gasteiger partial charge in [0.25, 0.3) is 0 Å². The molecule has 1 aromatic carbocycles. The highest BCUT2D eigenvalue weighted by Gasteiger charge is 2.22. The van der Waals surface area contributed by atoms with Gasteiger partial charge >= 0.3 is 5.97 Å². The summed E-state index contributed by atoms with van der Waals surface area (Å²) in [6, 6.07) is 4.79. The van der Waals surface area contributed by atoms with Gasteiger partial charge in [0.15, 0.2) is 0 Å². The highest BCUT2D eigenvalue weighted by molar-refractivity contribution is 5.77. The Morgan fingerprint density at radius 1 is 1.38 bits per heavy atom. The van der Waals surface area contributed by atoms with Crippen molar-refractivity contribution in [3.05, 3.63) is 23.8 Å². The maximum Gasteiger partial charge on any atom is 0.313 e. The molecule has 0 fully saturated rings. The van der Waals surface area contributed by atoms with E-state index in [0.717, 1.165) is 0 Å². The number of rotatable bonds is 5. The van der Waals surface area contributed by atoms with Gasteiger partial charge in [-0.05, 0) is 6.07 Å². The van der Waals surface area contributed by atoms with E-state index in [1.54, 1.807) is 18.2 Å². The number of benzene rings is 1. The molecule has 0 bridgehead atoms. The van der Waals surface area contributed by atoms with Crippen molar-refractivity contribution in [2.75, 3.05) is 20.8 Å². The smallest absolute Gasteiger partial charge is 0.313 e. The number of ether oxygens (including phenoxy) is 2. The van der Waals surface area contributed by atoms with Crippen molar-refractivity contribution in [3.63, 3.8) is 0 Å². The van der Waals surface area contributed by atoms with Crippen molar-refractivity contribution in [2.45, 2.75) is 5.92 Å². The van der Waals surface area contributed by atoms with Gasteiger partial charge in [-0.3, -0.25) is 4.79 Å². The zero-order valence-corrected chi connectivity index (χ0v) is 9.14. The van der Waals surface area contributed by atoms with Crippen LogP contribution in [0.5, 0.6) is 11.5 Å². The summed E-state index contributed by atoms with van der Waals surface area (Å²) in [6.07, 6.45) is 0. The number of carboxylic acid groups (broad SMARTS) is 1. The minimum absolute atomic E-state index is 0.390. The number of hydrogen-bond donors (Lipinski definition) is 2. The van der Waals surface area contributed by atoms with E-state index in [1.807, 2.05) is 0 Å². The van der Waals surface area contributed by atoms with Crippen LogP contribution in [0.15, 0.2) is 18.2 Å². The first-order valence-corrected chi connectivity index (χ1v) is 4.69. The van der Waals surface area contributed by atoms with E-state index in [9.17, 15) is 4.79 Å². The lowest BCUT2D eigenvalue weighted by molar-refractivity contribution is -0.139. The summed E-state index contributed by atoms with van der Waals surface area (Å²) in [5, 5.41) is 18.0. The molecule has 0 aliphatic carbocycles. The molecule has 0 aliphatic rings. The number of aliphatic carboxylic acids is 1. The molecule has 5 nitrogen and oxygen atoms in total. The lowest BCUT2D eigenvalue weighted by Gasteiger charge is -2.14. The molecule has 0 radical (unpaired) electrons. The van der Waals surface area contributed by atoms with Gasteiger partial charge in [0.2, 0.25) is 0 Å². The molecule has 1 rings (SSSR count). The molecule has 0 heterocycles. The van der Waals surface area contributed by atoms with Gasteiger partial charge in [0, 0.05) is 11.6 Å². The van der Waals surface area contributed by atoms with E-state index in [2.05, 4.69) is 0 Å². The van der Waals surface area contributed by atoms with Crippen LogP contribution in [0.25, 0.3) is 0 Å². The first-order valence-electron chi connectivity index (χ1n) is 4.69.